The molecule has 0 N–H and O–H groups in total. The third kappa shape index (κ3) is 6.73. The highest BCUT2D eigenvalue weighted by Crippen LogP contribution is 2.47. The van der Waals surface area contributed by atoms with Crippen LogP contribution in [0.15, 0.2) is 75.3 Å². The van der Waals surface area contributed by atoms with Crippen molar-refractivity contribution in [1.29, 1.82) is 0 Å². The standard InChI is InChI=1S/C36H35F7N4O4/c1-2-3-16-49-23-7-4-6-22(17-23)28-20-47-32(48)31-29(46(33(47)44-28)19-25-26(35(38,39)40)8-5-9-27(25)37)21-50-34(31)12-14-45(15-13-34)18-24-10-11-30(51-24)36(41,42)43/h4-11,17,28H,2-3,12-16,18-21H2,1H3. The minimum atomic E-state index is -4.84. The van der Waals surface area contributed by atoms with Crippen molar-refractivity contribution >= 4 is 11.9 Å². The van der Waals surface area contributed by atoms with E-state index < -0.39 is 59.2 Å². The van der Waals surface area contributed by atoms with Crippen LogP contribution in [-0.2, 0) is 35.0 Å². The largest absolute Gasteiger partial charge is 0.494 e. The summed E-state index contributed by atoms with van der Waals surface area (Å²) in [5.74, 6) is -1.66. The van der Waals surface area contributed by atoms with Gasteiger partial charge in [-0.25, -0.2) is 9.38 Å². The lowest BCUT2D eigenvalue weighted by Crippen LogP contribution is -2.54. The van der Waals surface area contributed by atoms with E-state index in [-0.39, 0.29) is 49.8 Å². The van der Waals surface area contributed by atoms with Crippen LogP contribution in [0.5, 0.6) is 5.75 Å². The lowest BCUT2D eigenvalue weighted by Gasteiger charge is -2.42. The maximum atomic E-state index is 15.3. The molecule has 7 rings (SSSR count). The molecule has 1 unspecified atom stereocenters. The van der Waals surface area contributed by atoms with Gasteiger partial charge in [0.2, 0.25) is 11.7 Å². The molecule has 1 aromatic heterocycles. The Labute approximate surface area is 289 Å². The number of rotatable bonds is 9. The molecule has 51 heavy (non-hydrogen) atoms. The fourth-order valence-electron chi connectivity index (χ4n) is 7.23. The van der Waals surface area contributed by atoms with Gasteiger partial charge in [0.15, 0.2) is 0 Å². The van der Waals surface area contributed by atoms with E-state index in [1.807, 2.05) is 36.1 Å². The van der Waals surface area contributed by atoms with Crippen molar-refractivity contribution in [2.45, 2.75) is 69.7 Å². The highest BCUT2D eigenvalue weighted by Gasteiger charge is 2.55. The second-order valence-corrected chi connectivity index (χ2v) is 13.1. The molecular weight excluding hydrogens is 685 g/mol. The average Bonchev–Trinajstić information content (AvgIpc) is 3.83. The number of halogens is 7. The number of hydrogen-bond donors (Lipinski definition) is 0. The maximum absolute atomic E-state index is 15.3. The Balaban J connectivity index is 1.20. The van der Waals surface area contributed by atoms with E-state index in [0.717, 1.165) is 42.7 Å². The summed E-state index contributed by atoms with van der Waals surface area (Å²) >= 11 is 0. The molecule has 4 aliphatic heterocycles. The molecule has 3 aromatic rings. The first-order chi connectivity index (χ1) is 24.3. The summed E-state index contributed by atoms with van der Waals surface area (Å²) in [4.78, 5) is 24.0. The zero-order valence-corrected chi connectivity index (χ0v) is 27.6. The van der Waals surface area contributed by atoms with Gasteiger partial charge in [0.25, 0.3) is 5.91 Å². The molecule has 1 fully saturated rings. The monoisotopic (exact) mass is 720 g/mol. The summed E-state index contributed by atoms with van der Waals surface area (Å²) in [7, 11) is 0. The highest BCUT2D eigenvalue weighted by molar-refractivity contribution is 6.11. The molecule has 0 bridgehead atoms. The smallest absolute Gasteiger partial charge is 0.449 e. The van der Waals surface area contributed by atoms with Gasteiger partial charge < -0.3 is 18.8 Å². The minimum Gasteiger partial charge on any atom is -0.494 e. The molecule has 1 atom stereocenters. The van der Waals surface area contributed by atoms with E-state index in [4.69, 9.17) is 18.9 Å². The van der Waals surface area contributed by atoms with Crippen LogP contribution in [0.2, 0.25) is 0 Å². The number of likely N-dealkylation sites (tertiary alicyclic amines) is 1. The van der Waals surface area contributed by atoms with Crippen LogP contribution in [0.3, 0.4) is 0 Å². The number of benzene rings is 2. The van der Waals surface area contributed by atoms with Crippen molar-refractivity contribution in [2.75, 3.05) is 32.8 Å². The van der Waals surface area contributed by atoms with Gasteiger partial charge in [-0.3, -0.25) is 14.6 Å². The van der Waals surface area contributed by atoms with Crippen molar-refractivity contribution < 1.29 is 49.4 Å². The number of fused-ring (bicyclic) bond motifs is 2. The molecule has 5 heterocycles. The molecule has 2 aromatic carbocycles. The molecule has 1 saturated heterocycles. The number of furan rings is 1. The first-order valence-electron chi connectivity index (χ1n) is 16.8. The second-order valence-electron chi connectivity index (χ2n) is 13.1. The molecule has 15 heteroatoms. The van der Waals surface area contributed by atoms with Gasteiger partial charge in [-0.05, 0) is 61.2 Å². The summed E-state index contributed by atoms with van der Waals surface area (Å²) in [6.45, 7) is 2.77. The quantitative estimate of drug-likeness (QED) is 0.167. The Bertz CT molecular complexity index is 1860. The number of amides is 1. The molecule has 0 saturated carbocycles. The van der Waals surface area contributed by atoms with Crippen molar-refractivity contribution in [2.24, 2.45) is 4.99 Å². The van der Waals surface area contributed by atoms with E-state index in [1.54, 1.807) is 0 Å². The van der Waals surface area contributed by atoms with Gasteiger partial charge in [0.05, 0.1) is 55.7 Å². The summed E-state index contributed by atoms with van der Waals surface area (Å²) in [6, 6.07) is 11.7. The number of aliphatic imine (C=N–C) groups is 1. The zero-order chi connectivity index (χ0) is 36.1. The molecule has 1 spiro atoms. The van der Waals surface area contributed by atoms with E-state index in [9.17, 15) is 31.1 Å². The fourth-order valence-corrected chi connectivity index (χ4v) is 7.23. The average molecular weight is 721 g/mol. The Morgan fingerprint density at radius 1 is 0.980 bits per heavy atom. The van der Waals surface area contributed by atoms with Crippen LogP contribution in [0.25, 0.3) is 0 Å². The van der Waals surface area contributed by atoms with Crippen molar-refractivity contribution in [3.8, 4) is 5.75 Å². The second kappa shape index (κ2) is 13.3. The van der Waals surface area contributed by atoms with Crippen LogP contribution in [0.4, 0.5) is 30.7 Å². The molecule has 0 aliphatic carbocycles. The lowest BCUT2D eigenvalue weighted by atomic mass is 9.82. The van der Waals surface area contributed by atoms with Gasteiger partial charge in [0, 0.05) is 18.7 Å². The lowest BCUT2D eigenvalue weighted by molar-refractivity contribution is -0.153. The Kier molecular flexibility index (Phi) is 9.15. The number of alkyl halides is 6. The number of carbonyl (C=O) groups is 1. The van der Waals surface area contributed by atoms with Crippen molar-refractivity contribution in [3.05, 3.63) is 99.9 Å². The number of nitrogens with zero attached hydrogens (tertiary/aromatic N) is 4. The molecule has 8 nitrogen and oxygen atoms in total. The van der Waals surface area contributed by atoms with Gasteiger partial charge in [-0.1, -0.05) is 31.5 Å². The Hall–Kier alpha value is -4.37. The molecule has 1 amide bonds. The summed E-state index contributed by atoms with van der Waals surface area (Å²) < 4.78 is 114. The van der Waals surface area contributed by atoms with Gasteiger partial charge >= 0.3 is 12.4 Å². The number of unbranched alkanes of at least 4 members (excludes halogenated alkanes) is 1. The summed E-state index contributed by atoms with van der Waals surface area (Å²) in [5, 5.41) is 0. The van der Waals surface area contributed by atoms with E-state index in [1.165, 1.54) is 15.9 Å². The predicted octanol–water partition coefficient (Wildman–Crippen LogP) is 7.71. The highest BCUT2D eigenvalue weighted by atomic mass is 19.4. The Morgan fingerprint density at radius 2 is 1.75 bits per heavy atom. The van der Waals surface area contributed by atoms with Crippen LogP contribution in [-0.4, -0.2) is 65.0 Å². The normalized spacial score (nSPS) is 20.7. The number of ether oxygens (including phenoxy) is 2. The zero-order valence-electron chi connectivity index (χ0n) is 27.6. The topological polar surface area (TPSA) is 70.8 Å². The van der Waals surface area contributed by atoms with E-state index in [0.29, 0.717) is 31.1 Å². The van der Waals surface area contributed by atoms with Crippen LogP contribution >= 0.6 is 0 Å². The Morgan fingerprint density at radius 3 is 2.45 bits per heavy atom. The molecule has 272 valence electrons. The van der Waals surface area contributed by atoms with E-state index in [2.05, 4.69) is 0 Å². The molecule has 0 radical (unpaired) electrons. The van der Waals surface area contributed by atoms with Crippen LogP contribution in [0, 0.1) is 5.82 Å². The van der Waals surface area contributed by atoms with Crippen LogP contribution in [0.1, 0.15) is 66.9 Å². The summed E-state index contributed by atoms with van der Waals surface area (Å²) in [6.07, 6.45) is -7.06. The maximum Gasteiger partial charge on any atom is 0.449 e. The number of hydrogen-bond acceptors (Lipinski definition) is 7. The minimum absolute atomic E-state index is 0.0888. The first kappa shape index (κ1) is 35.1. The van der Waals surface area contributed by atoms with Crippen molar-refractivity contribution in [1.82, 2.24) is 14.7 Å². The molecular formula is C36H35F7N4O4. The van der Waals surface area contributed by atoms with E-state index >= 15 is 4.39 Å². The third-order valence-corrected chi connectivity index (χ3v) is 9.86. The van der Waals surface area contributed by atoms with Gasteiger partial charge in [-0.2, -0.15) is 26.3 Å². The first-order valence-corrected chi connectivity index (χ1v) is 16.8. The summed E-state index contributed by atoms with van der Waals surface area (Å²) in [5.41, 5.74) is -1.49. The number of carbonyl (C=O) groups excluding carboxylic acids is 1. The predicted molar refractivity (Wildman–Crippen MR) is 170 cm³/mol. The number of guanidine groups is 1. The SMILES string of the molecule is CCCCOc1cccc(C2CN3C(=O)C4=C(COC45CCN(Cc4ccc(C(F)(F)F)o4)CC5)N(Cc4c(F)cccc4C(F)(F)F)C3=N2)c1. The fraction of sp³-hybridized carbons (Fsp3) is 0.444. The third-order valence-electron chi connectivity index (χ3n) is 9.86. The number of piperidine rings is 1. The molecule has 4 aliphatic rings. The van der Waals surface area contributed by atoms with Gasteiger partial charge in [0.1, 0.15) is 22.9 Å². The van der Waals surface area contributed by atoms with Crippen LogP contribution < -0.4 is 4.74 Å². The van der Waals surface area contributed by atoms with Gasteiger partial charge in [-0.15, -0.1) is 0 Å². The van der Waals surface area contributed by atoms with Crippen molar-refractivity contribution in [3.63, 3.8) is 0 Å².